The Hall–Kier alpha value is -0.320. The lowest BCUT2D eigenvalue weighted by Gasteiger charge is -2.04. The molecule has 0 saturated heterocycles. The van der Waals surface area contributed by atoms with Gasteiger partial charge in [-0.2, -0.15) is 0 Å². The van der Waals surface area contributed by atoms with E-state index in [0.717, 1.165) is 6.07 Å². The molecule has 0 radical (unpaired) electrons. The van der Waals surface area contributed by atoms with Crippen LogP contribution >= 0.6 is 39.1 Å². The van der Waals surface area contributed by atoms with E-state index in [-0.39, 0.29) is 14.5 Å². The van der Waals surface area contributed by atoms with Gasteiger partial charge in [0.1, 0.15) is 11.4 Å². The van der Waals surface area contributed by atoms with Crippen LogP contribution < -0.4 is 0 Å². The number of benzene rings is 1. The highest BCUT2D eigenvalue weighted by atomic mass is 79.9. The van der Waals surface area contributed by atoms with E-state index in [1.54, 1.807) is 0 Å². The number of hydrogen-bond acceptors (Lipinski definition) is 1. The van der Waals surface area contributed by atoms with Gasteiger partial charge in [0, 0.05) is 0 Å². The molecular formula is C7H2BrCl2FO2. The van der Waals surface area contributed by atoms with E-state index in [9.17, 15) is 9.18 Å². The van der Waals surface area contributed by atoms with Crippen LogP contribution in [0.5, 0.6) is 0 Å². The van der Waals surface area contributed by atoms with Gasteiger partial charge in [-0.15, -0.1) is 0 Å². The van der Waals surface area contributed by atoms with E-state index >= 15 is 0 Å². The van der Waals surface area contributed by atoms with Crippen molar-refractivity contribution in [1.82, 2.24) is 0 Å². The third-order valence-electron chi connectivity index (χ3n) is 1.33. The molecule has 0 spiro atoms. The number of carbonyl (C=O) groups is 1. The third kappa shape index (κ3) is 1.95. The number of rotatable bonds is 1. The zero-order valence-corrected chi connectivity index (χ0v) is 9.04. The Balaban J connectivity index is 3.53. The van der Waals surface area contributed by atoms with Gasteiger partial charge >= 0.3 is 5.97 Å². The number of aromatic carboxylic acids is 1. The topological polar surface area (TPSA) is 37.3 Å². The highest BCUT2D eigenvalue weighted by Crippen LogP contribution is 2.34. The molecule has 1 aromatic rings. The van der Waals surface area contributed by atoms with Crippen LogP contribution in [0.15, 0.2) is 10.5 Å². The molecule has 0 aromatic heterocycles. The molecule has 0 atom stereocenters. The van der Waals surface area contributed by atoms with Crippen molar-refractivity contribution in [3.63, 3.8) is 0 Å². The summed E-state index contributed by atoms with van der Waals surface area (Å²) in [4.78, 5) is 10.5. The molecule has 1 aromatic carbocycles. The van der Waals surface area contributed by atoms with Gasteiger partial charge in [0.05, 0.1) is 14.5 Å². The first-order chi connectivity index (χ1) is 5.95. The van der Waals surface area contributed by atoms with Crippen LogP contribution in [-0.4, -0.2) is 11.1 Å². The second-order valence-corrected chi connectivity index (χ2v) is 3.73. The summed E-state index contributed by atoms with van der Waals surface area (Å²) in [6.07, 6.45) is 0. The maximum absolute atomic E-state index is 13.0. The second-order valence-electron chi connectivity index (χ2n) is 2.15. The van der Waals surface area contributed by atoms with Crippen LogP contribution in [0.1, 0.15) is 10.4 Å². The lowest BCUT2D eigenvalue weighted by molar-refractivity contribution is 0.0691. The molecule has 0 aliphatic heterocycles. The number of hydrogen-bond donors (Lipinski definition) is 1. The number of carboxylic acids is 1. The molecule has 0 heterocycles. The monoisotopic (exact) mass is 286 g/mol. The molecule has 70 valence electrons. The summed E-state index contributed by atoms with van der Waals surface area (Å²) in [6.45, 7) is 0. The van der Waals surface area contributed by atoms with Crippen LogP contribution in [0.25, 0.3) is 0 Å². The second kappa shape index (κ2) is 3.82. The van der Waals surface area contributed by atoms with E-state index < -0.39 is 17.3 Å². The van der Waals surface area contributed by atoms with Gasteiger partial charge in [0.2, 0.25) is 0 Å². The fourth-order valence-corrected chi connectivity index (χ4v) is 1.79. The van der Waals surface area contributed by atoms with Gasteiger partial charge < -0.3 is 5.11 Å². The van der Waals surface area contributed by atoms with E-state index in [1.807, 2.05) is 0 Å². The molecule has 0 saturated carbocycles. The standard InChI is InChI=1S/C7H2BrCl2FO2/c8-5-4(7(12)13)3(11)1-2(9)6(5)10/h1H,(H,12,13). The predicted molar refractivity (Wildman–Crippen MR) is 51.1 cm³/mol. The number of halogens is 4. The summed E-state index contributed by atoms with van der Waals surface area (Å²) in [7, 11) is 0. The Bertz CT molecular complexity index is 381. The minimum Gasteiger partial charge on any atom is -0.478 e. The molecule has 0 unspecified atom stereocenters. The Kier molecular flexibility index (Phi) is 3.16. The lowest BCUT2D eigenvalue weighted by Crippen LogP contribution is -2.02. The lowest BCUT2D eigenvalue weighted by atomic mass is 10.2. The quantitative estimate of drug-likeness (QED) is 0.633. The number of carboxylic acid groups (broad SMARTS) is 1. The van der Waals surface area contributed by atoms with E-state index in [4.69, 9.17) is 28.3 Å². The van der Waals surface area contributed by atoms with Gasteiger partial charge in [-0.25, -0.2) is 9.18 Å². The Morgan fingerprint density at radius 3 is 2.54 bits per heavy atom. The summed E-state index contributed by atoms with van der Waals surface area (Å²) < 4.78 is 12.9. The Labute approximate surface area is 91.4 Å². The first-order valence-corrected chi connectivity index (χ1v) is 4.56. The van der Waals surface area contributed by atoms with Gasteiger partial charge in [-0.1, -0.05) is 23.2 Å². The molecule has 0 amide bonds. The van der Waals surface area contributed by atoms with Gasteiger partial charge in [-0.3, -0.25) is 0 Å². The van der Waals surface area contributed by atoms with Crippen molar-refractivity contribution in [3.8, 4) is 0 Å². The van der Waals surface area contributed by atoms with Crippen molar-refractivity contribution in [2.75, 3.05) is 0 Å². The third-order valence-corrected chi connectivity index (χ3v) is 3.14. The Morgan fingerprint density at radius 1 is 1.54 bits per heavy atom. The summed E-state index contributed by atoms with van der Waals surface area (Å²) in [5.74, 6) is -2.32. The minimum absolute atomic E-state index is 0.0135. The fourth-order valence-electron chi connectivity index (χ4n) is 0.762. The summed E-state index contributed by atoms with van der Waals surface area (Å²) >= 11 is 13.9. The van der Waals surface area contributed by atoms with E-state index in [2.05, 4.69) is 15.9 Å². The van der Waals surface area contributed by atoms with Crippen LogP contribution in [0.3, 0.4) is 0 Å². The van der Waals surface area contributed by atoms with Crippen molar-refractivity contribution in [2.24, 2.45) is 0 Å². The molecule has 2 nitrogen and oxygen atoms in total. The normalized spacial score (nSPS) is 10.2. The van der Waals surface area contributed by atoms with Crippen molar-refractivity contribution in [1.29, 1.82) is 0 Å². The molecule has 13 heavy (non-hydrogen) atoms. The first kappa shape index (κ1) is 10.8. The maximum atomic E-state index is 13.0. The smallest absolute Gasteiger partial charge is 0.339 e. The minimum atomic E-state index is -1.40. The van der Waals surface area contributed by atoms with E-state index in [1.165, 1.54) is 0 Å². The predicted octanol–water partition coefficient (Wildman–Crippen LogP) is 3.59. The molecular weight excluding hydrogens is 286 g/mol. The summed E-state index contributed by atoms with van der Waals surface area (Å²) in [6, 6.07) is 0.859. The average Bonchev–Trinajstić information content (AvgIpc) is 1.99. The average molecular weight is 288 g/mol. The maximum Gasteiger partial charge on any atom is 0.339 e. The van der Waals surface area contributed by atoms with Crippen molar-refractivity contribution < 1.29 is 14.3 Å². The van der Waals surface area contributed by atoms with Crippen LogP contribution in [0, 0.1) is 5.82 Å². The molecule has 1 rings (SSSR count). The summed E-state index contributed by atoms with van der Waals surface area (Å²) in [5.41, 5.74) is -0.519. The van der Waals surface area contributed by atoms with E-state index in [0.29, 0.717) is 0 Å². The SMILES string of the molecule is O=C(O)c1c(F)cc(Cl)c(Cl)c1Br. The van der Waals surface area contributed by atoms with Gasteiger partial charge in [-0.05, 0) is 22.0 Å². The molecule has 1 N–H and O–H groups in total. The summed E-state index contributed by atoms with van der Waals surface area (Å²) in [5, 5.41) is 8.55. The van der Waals surface area contributed by atoms with Crippen molar-refractivity contribution >= 4 is 45.1 Å². The van der Waals surface area contributed by atoms with Crippen LogP contribution in [0.2, 0.25) is 10.0 Å². The van der Waals surface area contributed by atoms with Gasteiger partial charge in [0.15, 0.2) is 0 Å². The first-order valence-electron chi connectivity index (χ1n) is 3.01. The van der Waals surface area contributed by atoms with Crippen molar-refractivity contribution in [3.05, 3.63) is 32.0 Å². The fraction of sp³-hybridized carbons (Fsp3) is 0. The zero-order chi connectivity index (χ0) is 10.2. The van der Waals surface area contributed by atoms with Crippen LogP contribution in [-0.2, 0) is 0 Å². The Morgan fingerprint density at radius 2 is 2.08 bits per heavy atom. The molecule has 6 heteroatoms. The highest BCUT2D eigenvalue weighted by molar-refractivity contribution is 9.10. The molecule has 0 aliphatic rings. The molecule has 0 bridgehead atoms. The highest BCUT2D eigenvalue weighted by Gasteiger charge is 2.19. The zero-order valence-electron chi connectivity index (χ0n) is 5.94. The molecule has 0 aliphatic carbocycles. The van der Waals surface area contributed by atoms with Crippen molar-refractivity contribution in [2.45, 2.75) is 0 Å². The molecule has 0 fully saturated rings. The largest absolute Gasteiger partial charge is 0.478 e. The van der Waals surface area contributed by atoms with Crippen LogP contribution in [0.4, 0.5) is 4.39 Å². The van der Waals surface area contributed by atoms with Gasteiger partial charge in [0.25, 0.3) is 0 Å².